The van der Waals surface area contributed by atoms with Crippen LogP contribution < -0.4 is 5.32 Å². The molecular weight excluding hydrogens is 258 g/mol. The fraction of sp³-hybridized carbons (Fsp3) is 0.222. The van der Waals surface area contributed by atoms with Gasteiger partial charge in [0.05, 0.1) is 5.52 Å². The molecule has 0 unspecified atom stereocenters. The van der Waals surface area contributed by atoms with Crippen LogP contribution in [0.15, 0.2) is 42.5 Å². The Morgan fingerprint density at radius 1 is 1.00 bits per heavy atom. The highest BCUT2D eigenvalue weighted by molar-refractivity contribution is 5.90. The van der Waals surface area contributed by atoms with Crippen LogP contribution in [0.3, 0.4) is 0 Å². The largest absolute Gasteiger partial charge is 0.370 e. The lowest BCUT2D eigenvalue weighted by molar-refractivity contribution is 1.14. The Kier molecular flexibility index (Phi) is 3.57. The van der Waals surface area contributed by atoms with E-state index in [2.05, 4.69) is 50.4 Å². The molecule has 21 heavy (non-hydrogen) atoms. The topological polar surface area (TPSA) is 37.8 Å². The molecule has 0 spiro atoms. The van der Waals surface area contributed by atoms with Crippen LogP contribution in [0.5, 0.6) is 0 Å². The lowest BCUT2D eigenvalue weighted by atomic mass is 10.0. The predicted molar refractivity (Wildman–Crippen MR) is 88.6 cm³/mol. The van der Waals surface area contributed by atoms with Gasteiger partial charge >= 0.3 is 0 Å². The van der Waals surface area contributed by atoms with Crippen LogP contribution >= 0.6 is 0 Å². The van der Waals surface area contributed by atoms with Crippen molar-refractivity contribution in [3.63, 3.8) is 0 Å². The third-order valence-corrected chi connectivity index (χ3v) is 3.57. The van der Waals surface area contributed by atoms with Gasteiger partial charge in [-0.25, -0.2) is 9.97 Å². The molecule has 0 aliphatic rings. The lowest BCUT2D eigenvalue weighted by Crippen LogP contribution is -2.03. The number of hydrogen-bond acceptors (Lipinski definition) is 3. The van der Waals surface area contributed by atoms with Gasteiger partial charge in [-0.3, -0.25) is 0 Å². The Bertz CT molecular complexity index is 794. The number of nitrogens with zero attached hydrogens (tertiary/aromatic N) is 2. The van der Waals surface area contributed by atoms with Crippen molar-refractivity contribution in [2.45, 2.75) is 20.8 Å². The zero-order valence-corrected chi connectivity index (χ0v) is 12.6. The van der Waals surface area contributed by atoms with Crippen molar-refractivity contribution < 1.29 is 0 Å². The summed E-state index contributed by atoms with van der Waals surface area (Å²) >= 11 is 0. The van der Waals surface area contributed by atoms with Crippen LogP contribution in [0.25, 0.3) is 22.3 Å². The zero-order valence-electron chi connectivity index (χ0n) is 12.6. The molecule has 0 aliphatic carbocycles. The molecule has 1 aromatic heterocycles. The Balaban J connectivity index is 2.23. The van der Waals surface area contributed by atoms with Crippen molar-refractivity contribution in [1.82, 2.24) is 9.97 Å². The second-order valence-electron chi connectivity index (χ2n) is 5.26. The molecule has 106 valence electrons. The monoisotopic (exact) mass is 277 g/mol. The van der Waals surface area contributed by atoms with Crippen molar-refractivity contribution in [3.05, 3.63) is 53.6 Å². The quantitative estimate of drug-likeness (QED) is 0.773. The Hall–Kier alpha value is -2.42. The van der Waals surface area contributed by atoms with Crippen molar-refractivity contribution >= 4 is 16.7 Å². The van der Waals surface area contributed by atoms with Crippen LogP contribution in [-0.4, -0.2) is 16.5 Å². The van der Waals surface area contributed by atoms with Crippen molar-refractivity contribution in [1.29, 1.82) is 0 Å². The minimum absolute atomic E-state index is 0.780. The van der Waals surface area contributed by atoms with Crippen LogP contribution in [0.1, 0.15) is 18.1 Å². The minimum atomic E-state index is 0.780. The molecule has 3 rings (SSSR count). The van der Waals surface area contributed by atoms with E-state index < -0.39 is 0 Å². The zero-order chi connectivity index (χ0) is 14.8. The van der Waals surface area contributed by atoms with Gasteiger partial charge in [-0.1, -0.05) is 35.9 Å². The van der Waals surface area contributed by atoms with Gasteiger partial charge in [-0.05, 0) is 38.5 Å². The van der Waals surface area contributed by atoms with Gasteiger partial charge in [0.2, 0.25) is 0 Å². The number of aromatic nitrogens is 2. The average molecular weight is 277 g/mol. The van der Waals surface area contributed by atoms with Gasteiger partial charge in [-0.2, -0.15) is 0 Å². The number of para-hydroxylation sites is 1. The number of benzene rings is 2. The highest BCUT2D eigenvalue weighted by Gasteiger charge is 2.10. The van der Waals surface area contributed by atoms with Crippen molar-refractivity contribution in [3.8, 4) is 11.4 Å². The number of nitrogens with one attached hydrogen (secondary N) is 1. The summed E-state index contributed by atoms with van der Waals surface area (Å²) in [6.45, 7) is 7.12. The molecular formula is C18H19N3. The van der Waals surface area contributed by atoms with E-state index in [1.807, 2.05) is 18.2 Å². The summed E-state index contributed by atoms with van der Waals surface area (Å²) in [6.07, 6.45) is 0. The molecule has 3 heteroatoms. The van der Waals surface area contributed by atoms with Crippen LogP contribution in [0, 0.1) is 13.8 Å². The first-order chi connectivity index (χ1) is 10.2. The highest BCUT2D eigenvalue weighted by atomic mass is 15.0. The van der Waals surface area contributed by atoms with Crippen LogP contribution in [-0.2, 0) is 0 Å². The smallest absolute Gasteiger partial charge is 0.162 e. The molecule has 0 saturated heterocycles. The summed E-state index contributed by atoms with van der Waals surface area (Å²) in [5.74, 6) is 1.68. The maximum Gasteiger partial charge on any atom is 0.162 e. The molecule has 0 atom stereocenters. The Morgan fingerprint density at radius 2 is 1.81 bits per heavy atom. The maximum atomic E-state index is 4.73. The van der Waals surface area contributed by atoms with E-state index >= 15 is 0 Å². The SMILES string of the molecule is CCNc1nc(-c2ccc(C)cc2C)nc2ccccc12. The second-order valence-corrected chi connectivity index (χ2v) is 5.26. The first kappa shape index (κ1) is 13.6. The summed E-state index contributed by atoms with van der Waals surface area (Å²) < 4.78 is 0. The van der Waals surface area contributed by atoms with Crippen molar-refractivity contribution in [2.24, 2.45) is 0 Å². The van der Waals surface area contributed by atoms with E-state index in [0.29, 0.717) is 0 Å². The second kappa shape index (κ2) is 5.52. The fourth-order valence-electron chi connectivity index (χ4n) is 2.56. The van der Waals surface area contributed by atoms with Crippen LogP contribution in [0.2, 0.25) is 0 Å². The van der Waals surface area contributed by atoms with E-state index in [-0.39, 0.29) is 0 Å². The van der Waals surface area contributed by atoms with Gasteiger partial charge in [-0.15, -0.1) is 0 Å². The van der Waals surface area contributed by atoms with E-state index in [1.165, 1.54) is 11.1 Å². The number of rotatable bonds is 3. The maximum absolute atomic E-state index is 4.73. The summed E-state index contributed by atoms with van der Waals surface area (Å²) in [4.78, 5) is 9.46. The molecule has 3 nitrogen and oxygen atoms in total. The van der Waals surface area contributed by atoms with Gasteiger partial charge in [0.25, 0.3) is 0 Å². The summed E-state index contributed by atoms with van der Waals surface area (Å²) in [5, 5.41) is 4.40. The van der Waals surface area contributed by atoms with E-state index in [1.54, 1.807) is 0 Å². The first-order valence-electron chi connectivity index (χ1n) is 7.27. The molecule has 0 amide bonds. The third-order valence-electron chi connectivity index (χ3n) is 3.57. The fourth-order valence-corrected chi connectivity index (χ4v) is 2.56. The predicted octanol–water partition coefficient (Wildman–Crippen LogP) is 4.35. The van der Waals surface area contributed by atoms with Gasteiger partial charge in [0.1, 0.15) is 5.82 Å². The first-order valence-corrected chi connectivity index (χ1v) is 7.27. The molecule has 3 aromatic rings. The van der Waals surface area contributed by atoms with Crippen LogP contribution in [0.4, 0.5) is 5.82 Å². The molecule has 0 aliphatic heterocycles. The minimum Gasteiger partial charge on any atom is -0.370 e. The van der Waals surface area contributed by atoms with E-state index in [4.69, 9.17) is 9.97 Å². The number of fused-ring (bicyclic) bond motifs is 1. The van der Waals surface area contributed by atoms with E-state index in [0.717, 1.165) is 34.7 Å². The third kappa shape index (κ3) is 2.59. The van der Waals surface area contributed by atoms with Crippen molar-refractivity contribution in [2.75, 3.05) is 11.9 Å². The molecule has 2 aromatic carbocycles. The Morgan fingerprint density at radius 3 is 2.57 bits per heavy atom. The molecule has 0 saturated carbocycles. The van der Waals surface area contributed by atoms with Gasteiger partial charge in [0, 0.05) is 17.5 Å². The number of hydrogen-bond donors (Lipinski definition) is 1. The average Bonchev–Trinajstić information content (AvgIpc) is 2.47. The van der Waals surface area contributed by atoms with E-state index in [9.17, 15) is 0 Å². The molecule has 1 heterocycles. The highest BCUT2D eigenvalue weighted by Crippen LogP contribution is 2.27. The molecule has 0 fully saturated rings. The molecule has 1 N–H and O–H groups in total. The summed E-state index contributed by atoms with van der Waals surface area (Å²) in [5.41, 5.74) is 4.51. The Labute approximate surface area is 125 Å². The van der Waals surface area contributed by atoms with Gasteiger partial charge < -0.3 is 5.32 Å². The number of aryl methyl sites for hydroxylation is 2. The molecule has 0 radical (unpaired) electrons. The summed E-state index contributed by atoms with van der Waals surface area (Å²) in [7, 11) is 0. The lowest BCUT2D eigenvalue weighted by Gasteiger charge is -2.11. The normalized spacial score (nSPS) is 10.8. The standard InChI is InChI=1S/C18H19N3/c1-4-19-17-15-7-5-6-8-16(15)20-18(21-17)14-10-9-12(2)11-13(14)3/h5-11H,4H2,1-3H3,(H,19,20,21). The molecule has 0 bridgehead atoms. The summed E-state index contributed by atoms with van der Waals surface area (Å²) in [6, 6.07) is 14.5. The van der Waals surface area contributed by atoms with Gasteiger partial charge in [0.15, 0.2) is 5.82 Å². The number of anilines is 1.